The summed E-state index contributed by atoms with van der Waals surface area (Å²) >= 11 is 0. The summed E-state index contributed by atoms with van der Waals surface area (Å²) in [6, 6.07) is 16.7. The summed E-state index contributed by atoms with van der Waals surface area (Å²) < 4.78 is 0. The Morgan fingerprint density at radius 1 is 1.17 bits per heavy atom. The molecule has 2 amide bonds. The number of H-pyrrole nitrogens is 1. The van der Waals surface area contributed by atoms with Gasteiger partial charge in [-0.1, -0.05) is 24.3 Å². The van der Waals surface area contributed by atoms with Gasteiger partial charge < -0.3 is 20.7 Å². The molecule has 30 heavy (non-hydrogen) atoms. The Morgan fingerprint density at radius 2 is 1.90 bits per heavy atom. The zero-order chi connectivity index (χ0) is 20.9. The topological polar surface area (TPSA) is 114 Å². The number of benzene rings is 2. The summed E-state index contributed by atoms with van der Waals surface area (Å²) in [4.78, 5) is 20.7. The Balaban J connectivity index is 1.51. The van der Waals surface area contributed by atoms with Gasteiger partial charge >= 0.3 is 6.03 Å². The van der Waals surface area contributed by atoms with E-state index in [1.807, 2.05) is 36.4 Å². The first kappa shape index (κ1) is 19.9. The molecule has 1 aliphatic carbocycles. The number of aromatic nitrogens is 2. The minimum Gasteiger partial charge on any atom is -0.393 e. The number of carbonyl (C=O) groups excluding carboxylic acids is 1. The third kappa shape index (κ3) is 4.78. The zero-order valence-electron chi connectivity index (χ0n) is 16.6. The number of nitriles is 1. The van der Waals surface area contributed by atoms with Crippen LogP contribution in [-0.2, 0) is 6.42 Å². The number of nitrogens with one attached hydrogen (secondary N) is 3. The predicted molar refractivity (Wildman–Crippen MR) is 114 cm³/mol. The highest BCUT2D eigenvalue weighted by atomic mass is 16.3. The number of aromatic amines is 1. The minimum atomic E-state index is -0.348. The van der Waals surface area contributed by atoms with Crippen LogP contribution in [0.1, 0.15) is 48.7 Å². The minimum absolute atomic E-state index is 0.0691. The van der Waals surface area contributed by atoms with E-state index < -0.39 is 0 Å². The van der Waals surface area contributed by atoms with Crippen LogP contribution in [0.25, 0.3) is 11.0 Å². The van der Waals surface area contributed by atoms with Crippen LogP contribution in [0.15, 0.2) is 48.5 Å². The van der Waals surface area contributed by atoms with Gasteiger partial charge in [0.05, 0.1) is 34.8 Å². The van der Waals surface area contributed by atoms with Gasteiger partial charge in [-0.15, -0.1) is 0 Å². The van der Waals surface area contributed by atoms with Crippen molar-refractivity contribution in [1.29, 1.82) is 5.26 Å². The van der Waals surface area contributed by atoms with E-state index in [0.717, 1.165) is 29.4 Å². The SMILES string of the molecule is N#Cc1ccc(CC(NC(=O)N[C@H]2CC[C@H](O)CC2)c2nc3ccccc3[nH]2)cc1. The van der Waals surface area contributed by atoms with Crippen molar-refractivity contribution in [1.82, 2.24) is 20.6 Å². The maximum atomic E-state index is 12.7. The molecule has 154 valence electrons. The molecular formula is C23H25N5O2. The normalized spacial score (nSPS) is 19.7. The van der Waals surface area contributed by atoms with Crippen molar-refractivity contribution in [2.75, 3.05) is 0 Å². The second-order valence-electron chi connectivity index (χ2n) is 7.83. The Kier molecular flexibility index (Phi) is 5.96. The first-order valence-corrected chi connectivity index (χ1v) is 10.3. The highest BCUT2D eigenvalue weighted by molar-refractivity contribution is 5.76. The van der Waals surface area contributed by atoms with Crippen LogP contribution >= 0.6 is 0 Å². The molecule has 1 saturated carbocycles. The van der Waals surface area contributed by atoms with Crippen LogP contribution in [0.2, 0.25) is 0 Å². The van der Waals surface area contributed by atoms with Gasteiger partial charge in [0, 0.05) is 6.04 Å². The molecule has 1 unspecified atom stereocenters. The predicted octanol–water partition coefficient (Wildman–Crippen LogP) is 3.32. The van der Waals surface area contributed by atoms with Gasteiger partial charge in [-0.3, -0.25) is 0 Å². The van der Waals surface area contributed by atoms with E-state index in [2.05, 4.69) is 26.7 Å². The standard InChI is InChI=1S/C23H25N5O2/c24-14-16-7-5-15(6-8-16)13-21(22-26-19-3-1-2-4-20(19)27-22)28-23(30)25-17-9-11-18(29)12-10-17/h1-8,17-18,21,29H,9-13H2,(H,26,27)(H2,25,28,30)/t17-,18-,21?. The third-order valence-electron chi connectivity index (χ3n) is 5.60. The molecule has 4 N–H and O–H groups in total. The van der Waals surface area contributed by atoms with Crippen LogP contribution in [-0.4, -0.2) is 33.3 Å². The third-order valence-corrected chi connectivity index (χ3v) is 5.60. The van der Waals surface area contributed by atoms with Crippen LogP contribution in [0.3, 0.4) is 0 Å². The van der Waals surface area contributed by atoms with Gasteiger partial charge in [-0.2, -0.15) is 5.26 Å². The average molecular weight is 403 g/mol. The molecule has 1 atom stereocenters. The number of fused-ring (bicyclic) bond motifs is 1. The summed E-state index contributed by atoms with van der Waals surface area (Å²) in [6.45, 7) is 0. The van der Waals surface area contributed by atoms with Crippen molar-refractivity contribution < 1.29 is 9.90 Å². The molecule has 1 aromatic heterocycles. The Bertz CT molecular complexity index is 1010. The van der Waals surface area contributed by atoms with Crippen LogP contribution < -0.4 is 10.6 Å². The van der Waals surface area contributed by atoms with E-state index >= 15 is 0 Å². The number of hydrogen-bond donors (Lipinski definition) is 4. The maximum Gasteiger partial charge on any atom is 0.315 e. The number of aliphatic hydroxyl groups excluding tert-OH is 1. The molecule has 7 nitrogen and oxygen atoms in total. The smallest absolute Gasteiger partial charge is 0.315 e. The van der Waals surface area contributed by atoms with E-state index in [1.165, 1.54) is 0 Å². The average Bonchev–Trinajstić information content (AvgIpc) is 3.20. The quantitative estimate of drug-likeness (QED) is 0.523. The summed E-state index contributed by atoms with van der Waals surface area (Å²) in [6.07, 6.45) is 3.26. The molecule has 1 aliphatic rings. The van der Waals surface area contributed by atoms with E-state index in [9.17, 15) is 9.90 Å². The summed E-state index contributed by atoms with van der Waals surface area (Å²) in [7, 11) is 0. The van der Waals surface area contributed by atoms with Crippen molar-refractivity contribution in [2.24, 2.45) is 0 Å². The van der Waals surface area contributed by atoms with Crippen LogP contribution in [0, 0.1) is 11.3 Å². The molecule has 2 aromatic carbocycles. The molecule has 4 rings (SSSR count). The van der Waals surface area contributed by atoms with Crippen molar-refractivity contribution in [3.8, 4) is 6.07 Å². The number of imidazole rings is 1. The number of hydrogen-bond acceptors (Lipinski definition) is 4. The number of aliphatic hydroxyl groups is 1. The number of carbonyl (C=O) groups is 1. The molecule has 0 aliphatic heterocycles. The molecule has 0 saturated heterocycles. The number of rotatable bonds is 5. The molecular weight excluding hydrogens is 378 g/mol. The molecule has 3 aromatic rings. The van der Waals surface area contributed by atoms with E-state index in [1.54, 1.807) is 12.1 Å². The fourth-order valence-electron chi connectivity index (χ4n) is 3.91. The van der Waals surface area contributed by atoms with Crippen LogP contribution in [0.4, 0.5) is 4.79 Å². The lowest BCUT2D eigenvalue weighted by Gasteiger charge is -2.27. The lowest BCUT2D eigenvalue weighted by atomic mass is 9.93. The van der Waals surface area contributed by atoms with Gasteiger partial charge in [0.15, 0.2) is 0 Å². The van der Waals surface area contributed by atoms with E-state index in [0.29, 0.717) is 30.7 Å². The lowest BCUT2D eigenvalue weighted by Crippen LogP contribution is -2.45. The highest BCUT2D eigenvalue weighted by Gasteiger charge is 2.23. The number of nitrogens with zero attached hydrogens (tertiary/aromatic N) is 2. The van der Waals surface area contributed by atoms with Crippen molar-refractivity contribution in [2.45, 2.75) is 50.3 Å². The maximum absolute atomic E-state index is 12.7. The second-order valence-corrected chi connectivity index (χ2v) is 7.83. The zero-order valence-corrected chi connectivity index (χ0v) is 16.6. The second kappa shape index (κ2) is 8.97. The molecule has 7 heteroatoms. The number of urea groups is 1. The molecule has 1 fully saturated rings. The molecule has 0 spiro atoms. The summed E-state index contributed by atoms with van der Waals surface area (Å²) in [5, 5.41) is 24.8. The van der Waals surface area contributed by atoms with Gasteiger partial charge in [-0.05, 0) is 61.9 Å². The Labute approximate surface area is 175 Å². The molecule has 0 radical (unpaired) electrons. The monoisotopic (exact) mass is 403 g/mol. The van der Waals surface area contributed by atoms with Crippen molar-refractivity contribution in [3.05, 3.63) is 65.5 Å². The van der Waals surface area contributed by atoms with E-state index in [4.69, 9.17) is 5.26 Å². The Hall–Kier alpha value is -3.37. The van der Waals surface area contributed by atoms with Gasteiger partial charge in [0.25, 0.3) is 0 Å². The largest absolute Gasteiger partial charge is 0.393 e. The summed E-state index contributed by atoms with van der Waals surface area (Å²) in [5.74, 6) is 0.690. The van der Waals surface area contributed by atoms with Gasteiger partial charge in [-0.25, -0.2) is 9.78 Å². The van der Waals surface area contributed by atoms with Gasteiger partial charge in [0.2, 0.25) is 0 Å². The lowest BCUT2D eigenvalue weighted by molar-refractivity contribution is 0.117. The van der Waals surface area contributed by atoms with Gasteiger partial charge in [0.1, 0.15) is 5.82 Å². The first-order valence-electron chi connectivity index (χ1n) is 10.3. The summed E-state index contributed by atoms with van der Waals surface area (Å²) in [5.41, 5.74) is 3.37. The highest BCUT2D eigenvalue weighted by Crippen LogP contribution is 2.21. The fraction of sp³-hybridized carbons (Fsp3) is 0.348. The molecule has 0 bridgehead atoms. The van der Waals surface area contributed by atoms with Crippen molar-refractivity contribution >= 4 is 17.1 Å². The van der Waals surface area contributed by atoms with Crippen molar-refractivity contribution in [3.63, 3.8) is 0 Å². The first-order chi connectivity index (χ1) is 14.6. The fourth-order valence-corrected chi connectivity index (χ4v) is 3.91. The van der Waals surface area contributed by atoms with E-state index in [-0.39, 0.29) is 24.2 Å². The molecule has 1 heterocycles. The number of para-hydroxylation sites is 2. The Morgan fingerprint density at radius 3 is 2.60 bits per heavy atom. The van der Waals surface area contributed by atoms with Crippen LogP contribution in [0.5, 0.6) is 0 Å². The number of amides is 2.